The maximum absolute atomic E-state index is 5.99. The Kier molecular flexibility index (Phi) is 3.39. The zero-order chi connectivity index (χ0) is 10.7. The first-order valence-corrected chi connectivity index (χ1v) is 5.09. The highest BCUT2D eigenvalue weighted by Gasteiger charge is 2.08. The van der Waals surface area contributed by atoms with Crippen LogP contribution in [0.25, 0.3) is 0 Å². The van der Waals surface area contributed by atoms with Crippen molar-refractivity contribution in [3.8, 4) is 5.75 Å². The Morgan fingerprint density at radius 1 is 1.36 bits per heavy atom. The smallest absolute Gasteiger partial charge is 0.119 e. The minimum Gasteiger partial charge on any atom is -0.494 e. The number of nitrogens with two attached hydrogens (primary N) is 1. The van der Waals surface area contributed by atoms with Crippen molar-refractivity contribution in [2.24, 2.45) is 0 Å². The van der Waals surface area contributed by atoms with Crippen LogP contribution in [0.15, 0.2) is 12.1 Å². The molecule has 0 unspecified atom stereocenters. The fourth-order valence-corrected chi connectivity index (χ4v) is 1.52. The van der Waals surface area contributed by atoms with Gasteiger partial charge in [-0.25, -0.2) is 0 Å². The lowest BCUT2D eigenvalue weighted by atomic mass is 9.98. The van der Waals surface area contributed by atoms with Crippen molar-refractivity contribution in [2.75, 3.05) is 12.3 Å². The molecule has 0 spiro atoms. The van der Waals surface area contributed by atoms with Gasteiger partial charge in [0.05, 0.1) is 6.61 Å². The van der Waals surface area contributed by atoms with E-state index in [0.29, 0.717) is 12.5 Å². The lowest BCUT2D eigenvalue weighted by molar-refractivity contribution is 0.339. The van der Waals surface area contributed by atoms with Crippen LogP contribution in [0.3, 0.4) is 0 Å². The maximum atomic E-state index is 5.99. The van der Waals surface area contributed by atoms with Crippen molar-refractivity contribution in [3.05, 3.63) is 23.3 Å². The second kappa shape index (κ2) is 4.36. The number of aryl methyl sites for hydroxylation is 1. The zero-order valence-electron chi connectivity index (χ0n) is 9.42. The van der Waals surface area contributed by atoms with E-state index in [2.05, 4.69) is 13.8 Å². The van der Waals surface area contributed by atoms with Crippen LogP contribution < -0.4 is 10.5 Å². The first-order valence-electron chi connectivity index (χ1n) is 5.09. The Morgan fingerprint density at radius 3 is 2.50 bits per heavy atom. The fraction of sp³-hybridized carbons (Fsp3) is 0.500. The molecule has 2 N–H and O–H groups in total. The molecule has 0 saturated carbocycles. The lowest BCUT2D eigenvalue weighted by Gasteiger charge is -2.14. The highest BCUT2D eigenvalue weighted by Crippen LogP contribution is 2.29. The second-order valence-electron chi connectivity index (χ2n) is 3.83. The Bertz CT molecular complexity index is 318. The van der Waals surface area contributed by atoms with Crippen LogP contribution in [0, 0.1) is 6.92 Å². The van der Waals surface area contributed by atoms with Crippen LogP contribution in [0.2, 0.25) is 0 Å². The van der Waals surface area contributed by atoms with Crippen LogP contribution >= 0.6 is 0 Å². The third-order valence-electron chi connectivity index (χ3n) is 2.33. The SMILES string of the molecule is CCOc1cc(C)c(N)c(C(C)C)c1. The molecule has 14 heavy (non-hydrogen) atoms. The van der Waals surface area contributed by atoms with Gasteiger partial charge in [-0.1, -0.05) is 13.8 Å². The van der Waals surface area contributed by atoms with Crippen LogP contribution in [0.5, 0.6) is 5.75 Å². The summed E-state index contributed by atoms with van der Waals surface area (Å²) in [6.45, 7) is 8.98. The van der Waals surface area contributed by atoms with Crippen molar-refractivity contribution in [2.45, 2.75) is 33.6 Å². The molecule has 0 aromatic heterocycles. The number of hydrogen-bond donors (Lipinski definition) is 1. The van der Waals surface area contributed by atoms with E-state index in [0.717, 1.165) is 17.0 Å². The van der Waals surface area contributed by atoms with Crippen molar-refractivity contribution in [1.29, 1.82) is 0 Å². The van der Waals surface area contributed by atoms with E-state index in [-0.39, 0.29) is 0 Å². The Balaban J connectivity index is 3.14. The minimum absolute atomic E-state index is 0.439. The molecule has 0 aliphatic rings. The number of rotatable bonds is 3. The number of hydrogen-bond acceptors (Lipinski definition) is 2. The van der Waals surface area contributed by atoms with Gasteiger partial charge in [-0.3, -0.25) is 0 Å². The summed E-state index contributed by atoms with van der Waals surface area (Å²) in [6, 6.07) is 4.03. The van der Waals surface area contributed by atoms with E-state index in [9.17, 15) is 0 Å². The van der Waals surface area contributed by atoms with Crippen LogP contribution in [0.4, 0.5) is 5.69 Å². The Hall–Kier alpha value is -1.18. The number of anilines is 1. The molecule has 78 valence electrons. The number of benzene rings is 1. The number of ether oxygens (including phenoxy) is 1. The van der Waals surface area contributed by atoms with Gasteiger partial charge in [0, 0.05) is 5.69 Å². The standard InChI is InChI=1S/C12H19NO/c1-5-14-10-6-9(4)12(13)11(7-10)8(2)3/h6-8H,5,13H2,1-4H3. The summed E-state index contributed by atoms with van der Waals surface area (Å²) >= 11 is 0. The summed E-state index contributed by atoms with van der Waals surface area (Å²) in [5.74, 6) is 1.36. The summed E-state index contributed by atoms with van der Waals surface area (Å²) in [7, 11) is 0. The van der Waals surface area contributed by atoms with E-state index < -0.39 is 0 Å². The van der Waals surface area contributed by atoms with E-state index in [1.165, 1.54) is 5.56 Å². The summed E-state index contributed by atoms with van der Waals surface area (Å²) in [4.78, 5) is 0. The fourth-order valence-electron chi connectivity index (χ4n) is 1.52. The molecular weight excluding hydrogens is 174 g/mol. The monoisotopic (exact) mass is 193 g/mol. The minimum atomic E-state index is 0.439. The van der Waals surface area contributed by atoms with Crippen molar-refractivity contribution >= 4 is 5.69 Å². The van der Waals surface area contributed by atoms with Gasteiger partial charge in [0.15, 0.2) is 0 Å². The van der Waals surface area contributed by atoms with Gasteiger partial charge >= 0.3 is 0 Å². The van der Waals surface area contributed by atoms with Crippen molar-refractivity contribution in [3.63, 3.8) is 0 Å². The molecular formula is C12H19NO. The molecule has 0 amide bonds. The lowest BCUT2D eigenvalue weighted by Crippen LogP contribution is -2.01. The molecule has 1 aromatic carbocycles. The van der Waals surface area contributed by atoms with Crippen LogP contribution in [0.1, 0.15) is 37.8 Å². The Morgan fingerprint density at radius 2 is 2.00 bits per heavy atom. The normalized spacial score (nSPS) is 10.6. The highest BCUT2D eigenvalue weighted by molar-refractivity contribution is 5.57. The third kappa shape index (κ3) is 2.19. The van der Waals surface area contributed by atoms with Gasteiger partial charge in [-0.05, 0) is 43.0 Å². The summed E-state index contributed by atoms with van der Waals surface area (Å²) in [6.07, 6.45) is 0. The van der Waals surface area contributed by atoms with Gasteiger partial charge in [0.1, 0.15) is 5.75 Å². The molecule has 0 aliphatic carbocycles. The van der Waals surface area contributed by atoms with E-state index in [1.54, 1.807) is 0 Å². The largest absolute Gasteiger partial charge is 0.494 e. The van der Waals surface area contributed by atoms with Crippen LogP contribution in [-0.2, 0) is 0 Å². The molecule has 0 atom stereocenters. The van der Waals surface area contributed by atoms with Gasteiger partial charge in [0.25, 0.3) is 0 Å². The predicted molar refractivity (Wildman–Crippen MR) is 60.8 cm³/mol. The maximum Gasteiger partial charge on any atom is 0.119 e. The average molecular weight is 193 g/mol. The molecule has 0 saturated heterocycles. The molecule has 0 bridgehead atoms. The van der Waals surface area contributed by atoms with Crippen molar-refractivity contribution in [1.82, 2.24) is 0 Å². The summed E-state index contributed by atoms with van der Waals surface area (Å²) < 4.78 is 5.48. The molecule has 2 heteroatoms. The zero-order valence-corrected chi connectivity index (χ0v) is 9.42. The topological polar surface area (TPSA) is 35.2 Å². The van der Waals surface area contributed by atoms with Crippen LogP contribution in [-0.4, -0.2) is 6.61 Å². The first-order chi connectivity index (χ1) is 6.56. The van der Waals surface area contributed by atoms with Gasteiger partial charge in [0.2, 0.25) is 0 Å². The van der Waals surface area contributed by atoms with Gasteiger partial charge in [-0.15, -0.1) is 0 Å². The average Bonchev–Trinajstić information content (AvgIpc) is 2.11. The van der Waals surface area contributed by atoms with Gasteiger partial charge < -0.3 is 10.5 Å². The molecule has 0 aliphatic heterocycles. The predicted octanol–water partition coefficient (Wildman–Crippen LogP) is 3.10. The second-order valence-corrected chi connectivity index (χ2v) is 3.83. The first kappa shape index (κ1) is 10.9. The molecule has 0 radical (unpaired) electrons. The molecule has 1 aromatic rings. The summed E-state index contributed by atoms with van der Waals surface area (Å²) in [5, 5.41) is 0. The third-order valence-corrected chi connectivity index (χ3v) is 2.33. The molecule has 1 rings (SSSR count). The van der Waals surface area contributed by atoms with Gasteiger partial charge in [-0.2, -0.15) is 0 Å². The number of nitrogen functional groups attached to an aromatic ring is 1. The molecule has 0 fully saturated rings. The van der Waals surface area contributed by atoms with E-state index in [4.69, 9.17) is 10.5 Å². The van der Waals surface area contributed by atoms with E-state index in [1.807, 2.05) is 26.0 Å². The van der Waals surface area contributed by atoms with E-state index >= 15 is 0 Å². The highest BCUT2D eigenvalue weighted by atomic mass is 16.5. The summed E-state index contributed by atoms with van der Waals surface area (Å²) in [5.41, 5.74) is 9.16. The molecule has 0 heterocycles. The van der Waals surface area contributed by atoms with Crippen molar-refractivity contribution < 1.29 is 4.74 Å². The molecule has 2 nitrogen and oxygen atoms in total. The Labute approximate surface area is 86.1 Å². The quantitative estimate of drug-likeness (QED) is 0.749.